The maximum absolute atomic E-state index is 13.9. The number of hydrogen-bond donors (Lipinski definition) is 1. The first-order valence-electron chi connectivity index (χ1n) is 5.91. The van der Waals surface area contributed by atoms with Gasteiger partial charge in [-0.15, -0.1) is 0 Å². The number of hydrogen-bond acceptors (Lipinski definition) is 4. The maximum Gasteiger partial charge on any atom is 0.431 e. The third kappa shape index (κ3) is 2.68. The van der Waals surface area contributed by atoms with E-state index in [9.17, 15) is 32.3 Å². The van der Waals surface area contributed by atoms with Crippen LogP contribution in [-0.2, 0) is 13.2 Å². The fraction of sp³-hybridized carbons (Fsp3) is 0.154. The summed E-state index contributed by atoms with van der Waals surface area (Å²) in [5.74, 6) is -1.95. The van der Waals surface area contributed by atoms with E-state index in [2.05, 4.69) is 0 Å². The Hall–Kier alpha value is -3.09. The Bertz CT molecular complexity index is 951. The van der Waals surface area contributed by atoms with Crippen LogP contribution in [0, 0.1) is 17.1 Å². The lowest BCUT2D eigenvalue weighted by Crippen LogP contribution is -2.41. The van der Waals surface area contributed by atoms with E-state index >= 15 is 0 Å². The van der Waals surface area contributed by atoms with Gasteiger partial charge in [0, 0.05) is 19.2 Å². The summed E-state index contributed by atoms with van der Waals surface area (Å²) in [6.07, 6.45) is -4.95. The summed E-state index contributed by atoms with van der Waals surface area (Å²) in [4.78, 5) is 23.8. The molecule has 120 valence electrons. The zero-order valence-corrected chi connectivity index (χ0v) is 11.3. The molecule has 1 heterocycles. The summed E-state index contributed by atoms with van der Waals surface area (Å²) in [6.45, 7) is 0. The van der Waals surface area contributed by atoms with Crippen molar-refractivity contribution in [2.45, 2.75) is 6.18 Å². The number of rotatable bonds is 1. The number of aromatic nitrogens is 2. The highest BCUT2D eigenvalue weighted by Gasteiger charge is 2.35. The minimum absolute atomic E-state index is 0.130. The predicted octanol–water partition coefficient (Wildman–Crippen LogP) is 1.27. The topological polar surface area (TPSA) is 88.0 Å². The Labute approximate surface area is 125 Å². The first kappa shape index (κ1) is 16.3. The molecule has 2 rings (SSSR count). The Morgan fingerprint density at radius 2 is 1.83 bits per heavy atom. The van der Waals surface area contributed by atoms with E-state index in [1.807, 2.05) is 0 Å². The second-order valence-corrected chi connectivity index (χ2v) is 4.48. The molecule has 1 aromatic heterocycles. The summed E-state index contributed by atoms with van der Waals surface area (Å²) < 4.78 is 52.4. The number of halogens is 4. The van der Waals surface area contributed by atoms with Crippen LogP contribution >= 0.6 is 0 Å². The monoisotopic (exact) mass is 329 g/mol. The third-order valence-electron chi connectivity index (χ3n) is 3.04. The van der Waals surface area contributed by atoms with Gasteiger partial charge < -0.3 is 5.11 Å². The molecule has 23 heavy (non-hydrogen) atoms. The van der Waals surface area contributed by atoms with Crippen LogP contribution in [0.5, 0.6) is 5.75 Å². The first-order valence-corrected chi connectivity index (χ1v) is 5.91. The van der Waals surface area contributed by atoms with E-state index in [-0.39, 0.29) is 15.2 Å². The molecule has 0 unspecified atom stereocenters. The normalized spacial score (nSPS) is 11.3. The second-order valence-electron chi connectivity index (χ2n) is 4.48. The maximum atomic E-state index is 13.9. The van der Waals surface area contributed by atoms with Crippen LogP contribution in [0.4, 0.5) is 17.6 Å². The van der Waals surface area contributed by atoms with Crippen molar-refractivity contribution in [3.63, 3.8) is 0 Å². The number of phenols is 1. The fourth-order valence-electron chi connectivity index (χ4n) is 1.93. The van der Waals surface area contributed by atoms with Gasteiger partial charge in [-0.05, 0) is 6.07 Å². The standard InChI is InChI=1S/C13H7F4N3O3/c1-19-10(13(15,16)17)4-11(22)20(12(19)23)8-3-9(21)6(5-18)2-7(8)14/h2-4,21H,1H3. The lowest BCUT2D eigenvalue weighted by atomic mass is 10.2. The number of aromatic hydroxyl groups is 1. The molecule has 0 radical (unpaired) electrons. The van der Waals surface area contributed by atoms with Gasteiger partial charge in [0.25, 0.3) is 5.56 Å². The molecule has 0 bridgehead atoms. The van der Waals surface area contributed by atoms with Gasteiger partial charge in [0.05, 0.1) is 11.3 Å². The predicted molar refractivity (Wildman–Crippen MR) is 68.6 cm³/mol. The van der Waals surface area contributed by atoms with Gasteiger partial charge in [0.15, 0.2) is 0 Å². The highest BCUT2D eigenvalue weighted by Crippen LogP contribution is 2.27. The Balaban J connectivity index is 2.85. The van der Waals surface area contributed by atoms with Crippen LogP contribution in [0.15, 0.2) is 27.8 Å². The van der Waals surface area contributed by atoms with Gasteiger partial charge in [-0.2, -0.15) is 18.4 Å². The van der Waals surface area contributed by atoms with Crippen LogP contribution in [0.25, 0.3) is 5.69 Å². The molecule has 0 atom stereocenters. The lowest BCUT2D eigenvalue weighted by Gasteiger charge is -2.14. The Morgan fingerprint density at radius 1 is 1.22 bits per heavy atom. The van der Waals surface area contributed by atoms with Gasteiger partial charge >= 0.3 is 11.9 Å². The van der Waals surface area contributed by atoms with Crippen molar-refractivity contribution in [3.8, 4) is 17.5 Å². The summed E-state index contributed by atoms with van der Waals surface area (Å²) >= 11 is 0. The van der Waals surface area contributed by atoms with E-state index in [0.29, 0.717) is 12.1 Å². The third-order valence-corrected chi connectivity index (χ3v) is 3.04. The molecule has 0 spiro atoms. The largest absolute Gasteiger partial charge is 0.506 e. The molecule has 6 nitrogen and oxygen atoms in total. The Kier molecular flexibility index (Phi) is 3.73. The first-order chi connectivity index (χ1) is 10.6. The number of nitrogens with zero attached hydrogens (tertiary/aromatic N) is 3. The van der Waals surface area contributed by atoms with Crippen molar-refractivity contribution < 1.29 is 22.7 Å². The lowest BCUT2D eigenvalue weighted by molar-refractivity contribution is -0.144. The molecule has 0 saturated heterocycles. The molecule has 0 fully saturated rings. The van der Waals surface area contributed by atoms with Crippen molar-refractivity contribution in [3.05, 3.63) is 56.1 Å². The minimum atomic E-state index is -4.95. The summed E-state index contributed by atoms with van der Waals surface area (Å²) in [5.41, 5.74) is -5.60. The van der Waals surface area contributed by atoms with Crippen LogP contribution in [0.3, 0.4) is 0 Å². The van der Waals surface area contributed by atoms with Crippen molar-refractivity contribution in [2.24, 2.45) is 7.05 Å². The highest BCUT2D eigenvalue weighted by atomic mass is 19.4. The minimum Gasteiger partial charge on any atom is -0.506 e. The molecule has 2 aromatic rings. The van der Waals surface area contributed by atoms with Crippen molar-refractivity contribution in [1.29, 1.82) is 5.26 Å². The smallest absolute Gasteiger partial charge is 0.431 e. The summed E-state index contributed by atoms with van der Waals surface area (Å²) in [6, 6.07) is 2.79. The van der Waals surface area contributed by atoms with Gasteiger partial charge in [-0.3, -0.25) is 9.36 Å². The molecular formula is C13H7F4N3O3. The van der Waals surface area contributed by atoms with Crippen LogP contribution in [-0.4, -0.2) is 14.2 Å². The van der Waals surface area contributed by atoms with E-state index in [0.717, 1.165) is 7.05 Å². The van der Waals surface area contributed by atoms with Gasteiger partial charge in [0.2, 0.25) is 0 Å². The SMILES string of the molecule is Cn1c(C(F)(F)F)cc(=O)n(-c2cc(O)c(C#N)cc2F)c1=O. The molecule has 10 heteroatoms. The number of benzene rings is 1. The molecule has 0 aliphatic rings. The highest BCUT2D eigenvalue weighted by molar-refractivity contribution is 5.50. The van der Waals surface area contributed by atoms with E-state index < -0.39 is 45.9 Å². The van der Waals surface area contributed by atoms with Gasteiger partial charge in [-0.25, -0.2) is 13.8 Å². The molecule has 1 aromatic carbocycles. The van der Waals surface area contributed by atoms with E-state index in [4.69, 9.17) is 5.26 Å². The molecule has 0 aliphatic heterocycles. The molecular weight excluding hydrogens is 322 g/mol. The molecule has 0 amide bonds. The number of phenolic OH excluding ortho intramolecular Hbond substituents is 1. The zero-order chi connectivity index (χ0) is 17.5. The van der Waals surface area contributed by atoms with Crippen LogP contribution < -0.4 is 11.2 Å². The average molecular weight is 329 g/mol. The van der Waals surface area contributed by atoms with Gasteiger partial charge in [0.1, 0.15) is 23.3 Å². The van der Waals surface area contributed by atoms with E-state index in [1.54, 1.807) is 0 Å². The van der Waals surface area contributed by atoms with E-state index in [1.165, 1.54) is 6.07 Å². The van der Waals surface area contributed by atoms with Crippen LogP contribution in [0.2, 0.25) is 0 Å². The summed E-state index contributed by atoms with van der Waals surface area (Å²) in [5, 5.41) is 18.2. The van der Waals surface area contributed by atoms with Crippen molar-refractivity contribution in [2.75, 3.05) is 0 Å². The summed E-state index contributed by atoms with van der Waals surface area (Å²) in [7, 11) is 0.766. The molecule has 0 aliphatic carbocycles. The molecule has 1 N–H and O–H groups in total. The quantitative estimate of drug-likeness (QED) is 0.798. The average Bonchev–Trinajstić information content (AvgIpc) is 2.45. The van der Waals surface area contributed by atoms with Crippen molar-refractivity contribution >= 4 is 0 Å². The number of nitriles is 1. The number of alkyl halides is 3. The van der Waals surface area contributed by atoms with Crippen LogP contribution in [0.1, 0.15) is 11.3 Å². The van der Waals surface area contributed by atoms with Crippen molar-refractivity contribution in [1.82, 2.24) is 9.13 Å². The fourth-order valence-corrected chi connectivity index (χ4v) is 1.93. The zero-order valence-electron chi connectivity index (χ0n) is 11.3. The second kappa shape index (κ2) is 5.28. The molecule has 0 saturated carbocycles. The van der Waals surface area contributed by atoms with Gasteiger partial charge in [-0.1, -0.05) is 0 Å². The Morgan fingerprint density at radius 3 is 2.35 bits per heavy atom.